The molecule has 23 nitrogen and oxygen atoms in total. The number of guanidine groups is 1. The molecular weight excluding hydrogens is 1530 g/mol. The van der Waals surface area contributed by atoms with Gasteiger partial charge < -0.3 is 63.5 Å². The summed E-state index contributed by atoms with van der Waals surface area (Å²) in [6.07, 6.45) is 6.82. The number of phenols is 1. The van der Waals surface area contributed by atoms with Crippen molar-refractivity contribution in [3.63, 3.8) is 0 Å². The highest BCUT2D eigenvalue weighted by molar-refractivity contribution is 5.99. The number of Topliss-reactive ketones (excluding diaryl/α,β-unsaturated/α-hetero) is 6. The Balaban J connectivity index is 0.908. The number of para-hydroxylation sites is 1. The van der Waals surface area contributed by atoms with Crippen LogP contribution >= 0.6 is 0 Å². The second-order valence-corrected chi connectivity index (χ2v) is 34.3. The van der Waals surface area contributed by atoms with Crippen LogP contribution in [0.25, 0.3) is 16.5 Å². The monoisotopic (exact) mass is 1650 g/mol. The highest BCUT2D eigenvalue weighted by Gasteiger charge is 2.43. The van der Waals surface area contributed by atoms with Gasteiger partial charge in [-0.05, 0) is 203 Å². The van der Waals surface area contributed by atoms with Gasteiger partial charge in [0.2, 0.25) is 23.6 Å². The molecule has 0 spiro atoms. The van der Waals surface area contributed by atoms with Gasteiger partial charge in [0.15, 0.2) is 29.1 Å². The van der Waals surface area contributed by atoms with E-state index < -0.39 is 120 Å². The number of carbonyl (C=O) groups excluding carboxylic acids is 10. The first-order valence-corrected chi connectivity index (χ1v) is 43.5. The van der Waals surface area contributed by atoms with Crippen molar-refractivity contribution in [2.75, 3.05) is 46.3 Å². The number of aromatic nitrogens is 1. The molecular formula is C97H122FN11O12. The van der Waals surface area contributed by atoms with E-state index in [1.807, 2.05) is 60.7 Å². The number of aliphatic imine (C=N–C) groups is 1. The molecule has 0 bridgehead atoms. The molecule has 6 aromatic carbocycles. The number of amides is 4. The van der Waals surface area contributed by atoms with E-state index >= 15 is 24.0 Å². The lowest BCUT2D eigenvalue weighted by atomic mass is 9.70. The molecule has 0 unspecified atom stereocenters. The Labute approximate surface area is 709 Å². The molecule has 0 radical (unpaired) electrons. The molecule has 7 aromatic rings. The third-order valence-corrected chi connectivity index (χ3v) is 25.1. The number of ketones is 6. The number of nitrogens with zero attached hydrogens (tertiary/aromatic N) is 3. The van der Waals surface area contributed by atoms with Gasteiger partial charge in [0.05, 0.1) is 24.2 Å². The Morgan fingerprint density at radius 2 is 1.27 bits per heavy atom. The number of aromatic hydroxyl groups is 1. The third-order valence-electron chi connectivity index (χ3n) is 25.1. The number of unbranched alkanes of at least 4 members (excludes halogenated alkanes) is 1. The van der Waals surface area contributed by atoms with E-state index in [2.05, 4.69) is 67.5 Å². The number of aliphatic hydroxyl groups excluding tert-OH is 1. The standard InChI is InChI=1S/C97H122FN11O12/c1-61(110)93-91(118)55-73(46-66-31-37-76(98)38-32-66)87(114)30-12-6-11-29-83(103-57-67(45-65-33-39-77(112)40-34-65)48-78(113)41-44-109(62(2)111)60-68-49-81-80-27-17-24-69-35-36-70(92(69)80)52-86(81)108(3)59-68)88(115)53-72(25-18-43-102-97(100)101)94(119)105-84(50-64-21-9-5-10-22-64)90(117)56-74(47-63-19-7-4-8-20-63)96(121)106-85(51-75-58-104-82-28-14-13-26-79(75)82)89(116)54-71(95(120)107-93)23-15-16-42-99/h4-5,7-10,13-14,17,19-22,24,26-28,31-34,36-40,58,61,67-68,71-74,81,83-86,93,103-104,110,112H,6,11-12,15-16,18,23,25,29-30,35,41-57,59-60,99H2,1-3H3,(H,105,119)(H,106,121)(H,107,120)(H4,100,101,102)/t61-,67+,68-,71-,72-,73-,74-,81-,83-,84+,85-,86-,93+/m1/s1. The van der Waals surface area contributed by atoms with E-state index in [9.17, 15) is 38.6 Å². The van der Waals surface area contributed by atoms with Gasteiger partial charge in [0.1, 0.15) is 29.2 Å². The number of nitrogens with one attached hydrogen (secondary N) is 5. The second kappa shape index (κ2) is 44.8. The summed E-state index contributed by atoms with van der Waals surface area (Å²) in [6.45, 7) is 4.90. The SMILES string of the molecule is CC(=O)N(CCC(=O)C[C@@H](CN[C@@H]1CCCCCC(=O)[C@H](Cc2ccc(F)cc2)CC(=O)[C@H]([C@@H](C)O)NC(=O)[C@H](CCCCN)CC(=O)[C@@H](Cc2c[nH]c3ccccc23)NC(=O)[C@H](Cc2ccccc2)CC(=O)[C@H](Cc2ccccc2)NC(=O)[C@H](CCCN=C(N)N)CC1=O)Cc1ccc(O)cc1)C[C@@H]1C[C@@H]2c3cccc4c3C(=CC4)C[C@H]2N(C)C1. The Kier molecular flexibility index (Phi) is 33.7. The van der Waals surface area contributed by atoms with Crippen molar-refractivity contribution in [1.29, 1.82) is 0 Å². The molecule has 2 fully saturated rings. The molecule has 3 heterocycles. The number of likely N-dealkylation sites (tertiary alicyclic amines) is 1. The highest BCUT2D eigenvalue weighted by Crippen LogP contribution is 2.49. The lowest BCUT2D eigenvalue weighted by Crippen LogP contribution is -2.51. The maximum absolute atomic E-state index is 15.7. The summed E-state index contributed by atoms with van der Waals surface area (Å²) in [5.41, 5.74) is 27.4. The summed E-state index contributed by atoms with van der Waals surface area (Å²) in [5.74, 6) is -9.57. The van der Waals surface area contributed by atoms with Crippen LogP contribution in [0, 0.1) is 41.3 Å². The lowest BCUT2D eigenvalue weighted by molar-refractivity contribution is -0.136. The normalized spacial score (nSPS) is 23.3. The van der Waals surface area contributed by atoms with Gasteiger partial charge in [-0.2, -0.15) is 0 Å². The molecule has 2 saturated heterocycles. The topological polar surface area (TPSA) is 372 Å². The zero-order chi connectivity index (χ0) is 86.1. The van der Waals surface area contributed by atoms with Crippen LogP contribution in [0.5, 0.6) is 5.75 Å². The summed E-state index contributed by atoms with van der Waals surface area (Å²) in [5, 5.41) is 35.1. The van der Waals surface area contributed by atoms with Crippen LogP contribution in [0.2, 0.25) is 0 Å². The van der Waals surface area contributed by atoms with Crippen LogP contribution in [0.15, 0.2) is 169 Å². The van der Waals surface area contributed by atoms with Gasteiger partial charge >= 0.3 is 0 Å². The first-order chi connectivity index (χ1) is 58.3. The molecule has 4 amide bonds. The number of phenolic OH excluding ortho intramolecular Hbond substituents is 1. The number of likely N-dealkylation sites (N-methyl/N-ethyl adjacent to an activating group) is 1. The summed E-state index contributed by atoms with van der Waals surface area (Å²) in [7, 11) is 2.18. The van der Waals surface area contributed by atoms with Crippen molar-refractivity contribution in [3.8, 4) is 5.75 Å². The molecule has 1 aromatic heterocycles. The molecule has 13 atom stereocenters. The van der Waals surface area contributed by atoms with Gasteiger partial charge in [-0.15, -0.1) is 0 Å². The number of halogens is 1. The largest absolute Gasteiger partial charge is 0.508 e. The zero-order valence-electron chi connectivity index (χ0n) is 70.2. The molecule has 0 saturated carbocycles. The summed E-state index contributed by atoms with van der Waals surface area (Å²) < 4.78 is 14.5. The number of aliphatic hydroxyl groups is 1. The van der Waals surface area contributed by atoms with E-state index in [1.54, 1.807) is 66.6 Å². The number of hydrogen-bond acceptors (Lipinski definition) is 16. The Morgan fingerprint density at radius 1 is 0.653 bits per heavy atom. The number of nitrogens with two attached hydrogens (primary N) is 3. The third kappa shape index (κ3) is 26.4. The first kappa shape index (κ1) is 91.1. The van der Waals surface area contributed by atoms with Crippen LogP contribution in [0.4, 0.5) is 4.39 Å². The van der Waals surface area contributed by atoms with E-state index in [-0.39, 0.29) is 144 Å². The van der Waals surface area contributed by atoms with E-state index in [1.165, 1.54) is 53.5 Å². The van der Waals surface area contributed by atoms with Crippen LogP contribution < -0.4 is 38.5 Å². The quantitative estimate of drug-likeness (QED) is 0.0118. The predicted octanol–water partition coefficient (Wildman–Crippen LogP) is 10.6. The van der Waals surface area contributed by atoms with Crippen molar-refractivity contribution >= 4 is 80.8 Å². The summed E-state index contributed by atoms with van der Waals surface area (Å²) in [6, 6.07) is 39.8. The fourth-order valence-corrected chi connectivity index (χ4v) is 18.5. The van der Waals surface area contributed by atoms with Crippen LogP contribution in [0.3, 0.4) is 0 Å². The Morgan fingerprint density at radius 3 is 1.97 bits per heavy atom. The number of piperidine rings is 1. The van der Waals surface area contributed by atoms with Crippen molar-refractivity contribution in [3.05, 3.63) is 214 Å². The molecule has 2 aliphatic heterocycles. The molecule has 24 heteroatoms. The van der Waals surface area contributed by atoms with Crippen LogP contribution in [-0.4, -0.2) is 172 Å². The minimum Gasteiger partial charge on any atom is -0.508 e. The number of H-pyrrole nitrogens is 1. The van der Waals surface area contributed by atoms with E-state index in [0.717, 1.165) is 42.3 Å². The van der Waals surface area contributed by atoms with Gasteiger partial charge in [0, 0.05) is 137 Å². The number of carbonyl (C=O) groups is 10. The number of aromatic amines is 1. The summed E-state index contributed by atoms with van der Waals surface area (Å²) in [4.78, 5) is 163. The first-order valence-electron chi connectivity index (χ1n) is 43.5. The van der Waals surface area contributed by atoms with Gasteiger partial charge in [-0.1, -0.05) is 147 Å². The van der Waals surface area contributed by atoms with Gasteiger partial charge in [-0.3, -0.25) is 52.9 Å². The number of allylic oxidation sites excluding steroid dienone is 1. The number of hydrogen-bond donors (Lipinski definition) is 10. The lowest BCUT2D eigenvalue weighted by Gasteiger charge is -2.47. The maximum atomic E-state index is 15.7. The minimum atomic E-state index is -1.54. The smallest absolute Gasteiger partial charge is 0.224 e. The Bertz CT molecular complexity index is 4760. The fourth-order valence-electron chi connectivity index (χ4n) is 18.5. The number of benzene rings is 6. The van der Waals surface area contributed by atoms with Gasteiger partial charge in [0.25, 0.3) is 0 Å². The fraction of sp³-hybridized carbons (Fsp3) is 0.474. The molecule has 13 N–H and O–H groups in total. The Hall–Kier alpha value is -10.7. The minimum absolute atomic E-state index is 0.0107. The molecule has 644 valence electrons. The van der Waals surface area contributed by atoms with Crippen molar-refractivity contribution < 1.29 is 62.5 Å². The van der Waals surface area contributed by atoms with Crippen molar-refractivity contribution in [2.45, 2.75) is 210 Å². The zero-order valence-corrected chi connectivity index (χ0v) is 70.2. The van der Waals surface area contributed by atoms with Crippen LogP contribution in [0.1, 0.15) is 180 Å². The average Bonchev–Trinajstić information content (AvgIpc) is 1.66. The van der Waals surface area contributed by atoms with E-state index in [0.29, 0.717) is 79.3 Å². The number of fused-ring (bicyclic) bond motifs is 3. The predicted molar refractivity (Wildman–Crippen MR) is 467 cm³/mol. The maximum Gasteiger partial charge on any atom is 0.224 e. The molecule has 121 heavy (non-hydrogen) atoms. The number of rotatable bonds is 29. The molecule has 2 aliphatic carbocycles. The van der Waals surface area contributed by atoms with Crippen molar-refractivity contribution in [1.82, 2.24) is 36.1 Å². The molecule has 11 rings (SSSR count). The molecule has 4 aliphatic rings. The van der Waals surface area contributed by atoms with Crippen molar-refractivity contribution in [2.24, 2.45) is 57.7 Å². The summed E-state index contributed by atoms with van der Waals surface area (Å²) >= 11 is 0. The average molecular weight is 1650 g/mol. The highest BCUT2D eigenvalue weighted by atomic mass is 19.1. The van der Waals surface area contributed by atoms with E-state index in [4.69, 9.17) is 17.2 Å². The van der Waals surface area contributed by atoms with Crippen LogP contribution in [-0.2, 0) is 86.5 Å². The van der Waals surface area contributed by atoms with Gasteiger partial charge in [-0.25, -0.2) is 4.39 Å². The second-order valence-electron chi connectivity index (χ2n) is 34.3.